The molecule has 3 N–H and O–H groups in total. The van der Waals surface area contributed by atoms with Gasteiger partial charge in [0.15, 0.2) is 0 Å². The van der Waals surface area contributed by atoms with E-state index in [1.54, 1.807) is 0 Å². The minimum Gasteiger partial charge on any atom is -0.507 e. The molecule has 4 nitrogen and oxygen atoms in total. The summed E-state index contributed by atoms with van der Waals surface area (Å²) in [5, 5.41) is 10.7. The third-order valence-electron chi connectivity index (χ3n) is 5.46. The van der Waals surface area contributed by atoms with Crippen LogP contribution in [0.5, 0.6) is 5.75 Å². The second kappa shape index (κ2) is 7.35. The number of hydrogen-bond acceptors (Lipinski definition) is 3. The predicted octanol–water partition coefficient (Wildman–Crippen LogP) is 2.72. The lowest BCUT2D eigenvalue weighted by atomic mass is 9.83. The molecule has 1 aromatic carbocycles. The monoisotopic (exact) mass is 316 g/mol. The lowest BCUT2D eigenvalue weighted by molar-refractivity contribution is -0.118. The summed E-state index contributed by atoms with van der Waals surface area (Å²) in [4.78, 5) is 13.2. The summed E-state index contributed by atoms with van der Waals surface area (Å²) in [7, 11) is 0. The van der Waals surface area contributed by atoms with Crippen molar-refractivity contribution in [2.45, 2.75) is 57.3 Å². The maximum absolute atomic E-state index is 10.8. The van der Waals surface area contributed by atoms with E-state index in [1.807, 2.05) is 0 Å². The van der Waals surface area contributed by atoms with Crippen LogP contribution in [0.15, 0.2) is 12.1 Å². The molecule has 0 radical (unpaired) electrons. The largest absolute Gasteiger partial charge is 0.507 e. The molecule has 0 saturated carbocycles. The number of aryl methyl sites for hydroxylation is 1. The van der Waals surface area contributed by atoms with Gasteiger partial charge in [-0.3, -0.25) is 4.79 Å². The molecular formula is C19H28N2O2. The molecule has 0 aromatic heterocycles. The Bertz CT molecular complexity index is 563. The Morgan fingerprint density at radius 3 is 2.70 bits per heavy atom. The van der Waals surface area contributed by atoms with Crippen LogP contribution in [0.3, 0.4) is 0 Å². The van der Waals surface area contributed by atoms with Gasteiger partial charge < -0.3 is 15.7 Å². The number of rotatable bonds is 5. The number of likely N-dealkylation sites (tertiary alicyclic amines) is 1. The highest BCUT2D eigenvalue weighted by atomic mass is 16.3. The molecule has 0 bridgehead atoms. The highest BCUT2D eigenvalue weighted by Gasteiger charge is 2.25. The fourth-order valence-electron chi connectivity index (χ4n) is 4.10. The number of nitrogens with zero attached hydrogens (tertiary/aromatic N) is 1. The first-order valence-corrected chi connectivity index (χ1v) is 8.99. The number of aromatic hydroxyl groups is 1. The Kier molecular flexibility index (Phi) is 5.21. The fourth-order valence-corrected chi connectivity index (χ4v) is 4.10. The van der Waals surface area contributed by atoms with E-state index in [9.17, 15) is 9.90 Å². The number of nitrogens with two attached hydrogens (primary N) is 1. The van der Waals surface area contributed by atoms with E-state index in [-0.39, 0.29) is 5.91 Å². The second-order valence-corrected chi connectivity index (χ2v) is 7.03. The first-order chi connectivity index (χ1) is 11.1. The number of carbonyl (C=O) groups excluding carboxylic acids is 1. The number of benzene rings is 1. The summed E-state index contributed by atoms with van der Waals surface area (Å²) in [6, 6.07) is 4.40. The highest BCUT2D eigenvalue weighted by Crippen LogP contribution is 2.39. The number of carbonyl (C=O) groups is 1. The molecule has 23 heavy (non-hydrogen) atoms. The van der Waals surface area contributed by atoms with Crippen molar-refractivity contribution < 1.29 is 9.90 Å². The van der Waals surface area contributed by atoms with E-state index >= 15 is 0 Å². The van der Waals surface area contributed by atoms with Crippen LogP contribution in [0.1, 0.15) is 61.1 Å². The van der Waals surface area contributed by atoms with Gasteiger partial charge in [0.05, 0.1) is 0 Å². The SMILES string of the molecule is NC(=O)CCCN1CCC(c2ccc3c(c2O)CCCC3)CC1. The van der Waals surface area contributed by atoms with Gasteiger partial charge in [-0.15, -0.1) is 0 Å². The molecule has 1 aliphatic carbocycles. The lowest BCUT2D eigenvalue weighted by Gasteiger charge is -2.33. The standard InChI is InChI=1S/C19H28N2O2/c20-18(22)6-3-11-21-12-9-15(10-13-21)17-8-7-14-4-1-2-5-16(14)19(17)23/h7-8,15,23H,1-6,9-13H2,(H2,20,22). The smallest absolute Gasteiger partial charge is 0.217 e. The zero-order valence-corrected chi connectivity index (χ0v) is 13.9. The molecule has 0 unspecified atom stereocenters. The van der Waals surface area contributed by atoms with Gasteiger partial charge in [0.1, 0.15) is 5.75 Å². The van der Waals surface area contributed by atoms with Gasteiger partial charge in [-0.2, -0.15) is 0 Å². The number of phenols is 1. The summed E-state index contributed by atoms with van der Waals surface area (Å²) < 4.78 is 0. The molecule has 2 aliphatic rings. The van der Waals surface area contributed by atoms with Crippen molar-refractivity contribution in [2.75, 3.05) is 19.6 Å². The number of piperidine rings is 1. The second-order valence-electron chi connectivity index (χ2n) is 7.03. The highest BCUT2D eigenvalue weighted by molar-refractivity contribution is 5.73. The zero-order chi connectivity index (χ0) is 16.2. The molecule has 0 atom stereocenters. The third-order valence-corrected chi connectivity index (χ3v) is 5.46. The van der Waals surface area contributed by atoms with E-state index in [0.717, 1.165) is 57.3 Å². The molecule has 1 amide bonds. The topological polar surface area (TPSA) is 66.6 Å². The fraction of sp³-hybridized carbons (Fsp3) is 0.632. The predicted molar refractivity (Wildman–Crippen MR) is 91.6 cm³/mol. The van der Waals surface area contributed by atoms with Crippen LogP contribution in [-0.4, -0.2) is 35.5 Å². The van der Waals surface area contributed by atoms with Crippen molar-refractivity contribution in [1.82, 2.24) is 4.90 Å². The van der Waals surface area contributed by atoms with Gasteiger partial charge in [0, 0.05) is 6.42 Å². The summed E-state index contributed by atoms with van der Waals surface area (Å²) in [6.07, 6.45) is 8.09. The van der Waals surface area contributed by atoms with Gasteiger partial charge in [0.2, 0.25) is 5.91 Å². The molecule has 126 valence electrons. The Morgan fingerprint density at radius 1 is 1.22 bits per heavy atom. The van der Waals surface area contributed by atoms with Crippen LogP contribution in [0.2, 0.25) is 0 Å². The first kappa shape index (κ1) is 16.3. The van der Waals surface area contributed by atoms with Crippen LogP contribution in [0.25, 0.3) is 0 Å². The van der Waals surface area contributed by atoms with Crippen molar-refractivity contribution in [1.29, 1.82) is 0 Å². The van der Waals surface area contributed by atoms with Crippen LogP contribution in [0.4, 0.5) is 0 Å². The summed E-state index contributed by atoms with van der Waals surface area (Å²) >= 11 is 0. The van der Waals surface area contributed by atoms with E-state index in [2.05, 4.69) is 17.0 Å². The van der Waals surface area contributed by atoms with Crippen LogP contribution >= 0.6 is 0 Å². The summed E-state index contributed by atoms with van der Waals surface area (Å²) in [5.41, 5.74) is 8.90. The van der Waals surface area contributed by atoms with Crippen LogP contribution in [0, 0.1) is 0 Å². The molecule has 1 aliphatic heterocycles. The molecule has 3 rings (SSSR count). The van der Waals surface area contributed by atoms with Gasteiger partial charge in [-0.25, -0.2) is 0 Å². The van der Waals surface area contributed by atoms with Crippen LogP contribution < -0.4 is 5.73 Å². The van der Waals surface area contributed by atoms with Gasteiger partial charge in [0.25, 0.3) is 0 Å². The first-order valence-electron chi connectivity index (χ1n) is 8.99. The molecular weight excluding hydrogens is 288 g/mol. The number of primary amides is 1. The van der Waals surface area contributed by atoms with Gasteiger partial charge in [-0.1, -0.05) is 12.1 Å². The van der Waals surface area contributed by atoms with Crippen molar-refractivity contribution in [3.05, 3.63) is 28.8 Å². The van der Waals surface area contributed by atoms with E-state index < -0.39 is 0 Å². The molecule has 1 aromatic rings. The van der Waals surface area contributed by atoms with Crippen molar-refractivity contribution in [2.24, 2.45) is 5.73 Å². The Balaban J connectivity index is 1.58. The van der Waals surface area contributed by atoms with Gasteiger partial charge in [-0.05, 0) is 87.2 Å². The van der Waals surface area contributed by atoms with Crippen LogP contribution in [-0.2, 0) is 17.6 Å². The van der Waals surface area contributed by atoms with E-state index in [4.69, 9.17) is 5.73 Å². The number of phenolic OH excluding ortho intramolecular Hbond substituents is 1. The summed E-state index contributed by atoms with van der Waals surface area (Å²) in [5.74, 6) is 0.836. The van der Waals surface area contributed by atoms with E-state index in [1.165, 1.54) is 24.0 Å². The molecule has 1 fully saturated rings. The normalized spacial score (nSPS) is 19.5. The van der Waals surface area contributed by atoms with Crippen molar-refractivity contribution in [3.63, 3.8) is 0 Å². The maximum Gasteiger partial charge on any atom is 0.217 e. The zero-order valence-electron chi connectivity index (χ0n) is 13.9. The number of fused-ring (bicyclic) bond motifs is 1. The van der Waals surface area contributed by atoms with Crippen molar-refractivity contribution >= 4 is 5.91 Å². The van der Waals surface area contributed by atoms with Crippen molar-refractivity contribution in [3.8, 4) is 5.75 Å². The Labute approximate surface area is 138 Å². The molecule has 0 spiro atoms. The maximum atomic E-state index is 10.8. The number of hydrogen-bond donors (Lipinski definition) is 2. The molecule has 1 heterocycles. The lowest BCUT2D eigenvalue weighted by Crippen LogP contribution is -2.34. The molecule has 1 saturated heterocycles. The third kappa shape index (κ3) is 3.86. The number of amides is 1. The quantitative estimate of drug-likeness (QED) is 0.878. The average Bonchev–Trinajstić information content (AvgIpc) is 2.56. The average molecular weight is 316 g/mol. The summed E-state index contributed by atoms with van der Waals surface area (Å²) in [6.45, 7) is 3.03. The minimum atomic E-state index is -0.209. The van der Waals surface area contributed by atoms with E-state index in [0.29, 0.717) is 18.1 Å². The van der Waals surface area contributed by atoms with Gasteiger partial charge >= 0.3 is 0 Å². The Hall–Kier alpha value is -1.55. The Morgan fingerprint density at radius 2 is 1.96 bits per heavy atom. The molecule has 4 heteroatoms. The minimum absolute atomic E-state index is 0.209.